The third-order valence-electron chi connectivity index (χ3n) is 9.93. The lowest BCUT2D eigenvalue weighted by molar-refractivity contribution is -0.157. The second-order valence-corrected chi connectivity index (χ2v) is 17.4. The molecule has 0 rings (SSSR count). The zero-order valence-corrected chi connectivity index (χ0v) is 37.0. The van der Waals surface area contributed by atoms with Crippen LogP contribution in [0.1, 0.15) is 89.5 Å². The topological polar surface area (TPSA) is 151 Å². The Labute approximate surface area is 325 Å². The van der Waals surface area contributed by atoms with E-state index >= 15 is 0 Å². The molecule has 308 valence electrons. The van der Waals surface area contributed by atoms with E-state index in [2.05, 4.69) is 16.0 Å². The highest BCUT2D eigenvalue weighted by Crippen LogP contribution is 2.24. The molecule has 6 atom stereocenters. The summed E-state index contributed by atoms with van der Waals surface area (Å²) >= 11 is 1.70. The third kappa shape index (κ3) is 13.7. The number of nitrogens with one attached hydrogen (secondary N) is 3. The molecule has 0 aliphatic rings. The number of nitrogens with zero attached hydrogens (tertiary/aromatic N) is 4. The van der Waals surface area contributed by atoms with Gasteiger partial charge in [0.25, 0.3) is 0 Å². The fourth-order valence-corrected chi connectivity index (χ4v) is 7.50. The fourth-order valence-electron chi connectivity index (χ4n) is 7.07. The van der Waals surface area contributed by atoms with Gasteiger partial charge in [-0.05, 0) is 61.0 Å². The summed E-state index contributed by atoms with van der Waals surface area (Å²) in [5.41, 5.74) is 0. The molecule has 0 aliphatic heterocycles. The minimum atomic E-state index is -0.958. The van der Waals surface area contributed by atoms with Crippen molar-refractivity contribution < 1.29 is 28.8 Å². The number of amides is 6. The van der Waals surface area contributed by atoms with Gasteiger partial charge in [0, 0.05) is 34.7 Å². The number of likely N-dealkylation sites (N-methyl/N-ethyl adjacent to an activating group) is 5. The van der Waals surface area contributed by atoms with Gasteiger partial charge < -0.3 is 35.6 Å². The van der Waals surface area contributed by atoms with Crippen LogP contribution in [0.4, 0.5) is 0 Å². The van der Waals surface area contributed by atoms with Crippen molar-refractivity contribution in [2.75, 3.05) is 53.8 Å². The lowest BCUT2D eigenvalue weighted by Crippen LogP contribution is -2.63. The van der Waals surface area contributed by atoms with Crippen LogP contribution in [-0.2, 0) is 28.8 Å². The van der Waals surface area contributed by atoms with Crippen LogP contribution >= 0.6 is 11.8 Å². The summed E-state index contributed by atoms with van der Waals surface area (Å²) in [6.07, 6.45) is 2.82. The summed E-state index contributed by atoms with van der Waals surface area (Å²) in [5.74, 6) is -2.68. The Morgan fingerprint density at radius 3 is 1.13 bits per heavy atom. The van der Waals surface area contributed by atoms with Gasteiger partial charge in [0.05, 0.1) is 6.04 Å². The average molecular weight is 770 g/mol. The van der Waals surface area contributed by atoms with E-state index in [1.165, 1.54) is 19.6 Å². The summed E-state index contributed by atoms with van der Waals surface area (Å²) in [5, 5.41) is 8.88. The molecular weight excluding hydrogens is 695 g/mol. The van der Waals surface area contributed by atoms with Crippen LogP contribution in [0.3, 0.4) is 0 Å². The monoisotopic (exact) mass is 770 g/mol. The predicted octanol–water partition coefficient (Wildman–Crippen LogP) is 3.17. The van der Waals surface area contributed by atoms with Crippen molar-refractivity contribution in [1.29, 1.82) is 0 Å². The zero-order valence-electron chi connectivity index (χ0n) is 36.2. The molecule has 13 nitrogen and oxygen atoms in total. The number of thioether (sulfide) groups is 1. The molecular formula is C39H75N7O6S. The highest BCUT2D eigenvalue weighted by atomic mass is 32.2. The molecule has 14 heteroatoms. The molecule has 3 N–H and O–H groups in total. The van der Waals surface area contributed by atoms with Crippen molar-refractivity contribution in [3.8, 4) is 0 Å². The molecule has 0 aromatic heterocycles. The minimum Gasteiger partial charge on any atom is -0.354 e. The Hall–Kier alpha value is -2.87. The van der Waals surface area contributed by atoms with Crippen molar-refractivity contribution in [2.45, 2.75) is 126 Å². The van der Waals surface area contributed by atoms with Gasteiger partial charge in [-0.25, -0.2) is 0 Å². The fraction of sp³-hybridized carbons (Fsp3) is 0.846. The Morgan fingerprint density at radius 2 is 0.830 bits per heavy atom. The molecule has 0 saturated heterocycles. The van der Waals surface area contributed by atoms with Crippen LogP contribution in [0.15, 0.2) is 0 Å². The third-order valence-corrected chi connectivity index (χ3v) is 10.6. The van der Waals surface area contributed by atoms with Crippen LogP contribution in [0.25, 0.3) is 0 Å². The van der Waals surface area contributed by atoms with Gasteiger partial charge in [0.1, 0.15) is 30.2 Å². The Balaban J connectivity index is 6.53. The van der Waals surface area contributed by atoms with E-state index in [0.29, 0.717) is 6.54 Å². The van der Waals surface area contributed by atoms with Crippen LogP contribution in [0.5, 0.6) is 0 Å². The normalized spacial score (nSPS) is 15.2. The molecule has 0 spiro atoms. The molecule has 0 aromatic rings. The van der Waals surface area contributed by atoms with E-state index in [4.69, 9.17) is 0 Å². The van der Waals surface area contributed by atoms with Crippen LogP contribution in [0, 0.1) is 35.5 Å². The standard InChI is InChI=1S/C39H75N7O6S/c1-22(2)28(40-13)34(47)42-29(23(3)4)36(49)44(15)31(25(7)8)38(51)46(17)33(27(11)12)39(52)45(16)32(26(9)10)37(50)43(14)30(24(5)6)35(48)41-20-19-21-53-18/h22-33,40H,19-21H2,1-18H3,(H,41,48)(H,42,47)/t28-,29-,30-,31-,32-,33-/m0/s1. The maximum absolute atomic E-state index is 14.5. The molecule has 6 amide bonds. The Bertz CT molecular complexity index is 1210. The van der Waals surface area contributed by atoms with Crippen LogP contribution < -0.4 is 16.0 Å². The van der Waals surface area contributed by atoms with Gasteiger partial charge in [-0.3, -0.25) is 28.8 Å². The molecule has 53 heavy (non-hydrogen) atoms. The summed E-state index contributed by atoms with van der Waals surface area (Å²) in [4.78, 5) is 89.2. The number of carbonyl (C=O) groups excluding carboxylic acids is 6. The Kier molecular flexibility index (Phi) is 21.9. The summed E-state index contributed by atoms with van der Waals surface area (Å²) in [6, 6.07) is -4.92. The first-order valence-electron chi connectivity index (χ1n) is 19.2. The van der Waals surface area contributed by atoms with Crippen molar-refractivity contribution in [3.05, 3.63) is 0 Å². The molecule has 0 saturated carbocycles. The van der Waals surface area contributed by atoms with Gasteiger partial charge in [0.15, 0.2) is 0 Å². The largest absolute Gasteiger partial charge is 0.354 e. The Morgan fingerprint density at radius 1 is 0.491 bits per heavy atom. The van der Waals surface area contributed by atoms with Gasteiger partial charge in [-0.1, -0.05) is 83.1 Å². The first-order chi connectivity index (χ1) is 24.4. The van der Waals surface area contributed by atoms with E-state index in [0.717, 1.165) is 12.2 Å². The highest BCUT2D eigenvalue weighted by Gasteiger charge is 2.44. The van der Waals surface area contributed by atoms with Gasteiger partial charge >= 0.3 is 0 Å². The molecule has 0 radical (unpaired) electrons. The first-order valence-corrected chi connectivity index (χ1v) is 20.6. The van der Waals surface area contributed by atoms with E-state index in [-0.39, 0.29) is 53.2 Å². The first kappa shape index (κ1) is 50.1. The van der Waals surface area contributed by atoms with Gasteiger partial charge in [-0.15, -0.1) is 0 Å². The van der Waals surface area contributed by atoms with Crippen molar-refractivity contribution >= 4 is 47.2 Å². The number of hydrogen-bond acceptors (Lipinski definition) is 8. The van der Waals surface area contributed by atoms with Gasteiger partial charge in [-0.2, -0.15) is 11.8 Å². The SMILES string of the molecule is CN[C@H](C(=O)N[C@H](C(=O)N(C)[C@H](C(=O)N(C)[C@H](C(=O)N(C)[C@H](C(=O)N(C)[C@H](C(=O)NCCCSC)C(C)C)C(C)C)C(C)C)C(C)C)C(C)C)C(C)C. The number of carbonyl (C=O) groups is 6. The molecule has 0 aliphatic carbocycles. The second-order valence-electron chi connectivity index (χ2n) is 16.4. The number of hydrogen-bond donors (Lipinski definition) is 3. The molecule has 0 fully saturated rings. The molecule has 0 aromatic carbocycles. The lowest BCUT2D eigenvalue weighted by atomic mass is 9.93. The van der Waals surface area contributed by atoms with Crippen molar-refractivity contribution in [1.82, 2.24) is 35.6 Å². The average Bonchev–Trinajstić information content (AvgIpc) is 3.04. The van der Waals surface area contributed by atoms with Crippen molar-refractivity contribution in [2.24, 2.45) is 35.5 Å². The van der Waals surface area contributed by atoms with Crippen LogP contribution in [-0.4, -0.2) is 145 Å². The second kappa shape index (κ2) is 23.1. The van der Waals surface area contributed by atoms with E-state index in [9.17, 15) is 28.8 Å². The van der Waals surface area contributed by atoms with Crippen molar-refractivity contribution in [3.63, 3.8) is 0 Å². The summed E-state index contributed by atoms with van der Waals surface area (Å²) < 4.78 is 0. The highest BCUT2D eigenvalue weighted by molar-refractivity contribution is 7.98. The molecule has 0 unspecified atom stereocenters. The maximum atomic E-state index is 14.5. The van der Waals surface area contributed by atoms with E-state index in [1.807, 2.05) is 89.3 Å². The molecule has 0 heterocycles. The summed E-state index contributed by atoms with van der Waals surface area (Å²) in [7, 11) is 7.99. The lowest BCUT2D eigenvalue weighted by Gasteiger charge is -2.42. The minimum absolute atomic E-state index is 0.00956. The van der Waals surface area contributed by atoms with Crippen LogP contribution in [0.2, 0.25) is 0 Å². The predicted molar refractivity (Wildman–Crippen MR) is 216 cm³/mol. The molecule has 0 bridgehead atoms. The van der Waals surface area contributed by atoms with E-state index in [1.54, 1.807) is 47.0 Å². The zero-order chi connectivity index (χ0) is 41.7. The quantitative estimate of drug-likeness (QED) is 0.142. The summed E-state index contributed by atoms with van der Waals surface area (Å²) in [6.45, 7) is 22.9. The smallest absolute Gasteiger partial charge is 0.246 e. The van der Waals surface area contributed by atoms with Gasteiger partial charge in [0.2, 0.25) is 35.4 Å². The maximum Gasteiger partial charge on any atom is 0.246 e. The van der Waals surface area contributed by atoms with E-state index < -0.39 is 54.0 Å². The number of rotatable bonds is 22.